The molecule has 6 heteroatoms. The first-order valence-corrected chi connectivity index (χ1v) is 7.43. The van der Waals surface area contributed by atoms with Crippen molar-refractivity contribution in [2.24, 2.45) is 0 Å². The summed E-state index contributed by atoms with van der Waals surface area (Å²) in [5.74, 6) is -0.693. The smallest absolute Gasteiger partial charge is 0.268 e. The number of hydrogen-bond acceptors (Lipinski definition) is 4. The van der Waals surface area contributed by atoms with Gasteiger partial charge in [-0.05, 0) is 30.7 Å². The second-order valence-electron chi connectivity index (χ2n) is 5.61. The minimum atomic E-state index is -2.03. The molecule has 1 fully saturated rings. The van der Waals surface area contributed by atoms with Gasteiger partial charge in [0, 0.05) is 18.7 Å². The van der Waals surface area contributed by atoms with Crippen LogP contribution in [0.4, 0.5) is 5.69 Å². The van der Waals surface area contributed by atoms with Crippen molar-refractivity contribution in [3.63, 3.8) is 0 Å². The van der Waals surface area contributed by atoms with Gasteiger partial charge in [-0.3, -0.25) is 9.59 Å². The lowest BCUT2D eigenvalue weighted by Gasteiger charge is -2.21. The molecule has 23 heavy (non-hydrogen) atoms. The topological polar surface area (TPSA) is 82.8 Å². The van der Waals surface area contributed by atoms with Gasteiger partial charge in [-0.2, -0.15) is 0 Å². The highest BCUT2D eigenvalue weighted by molar-refractivity contribution is 6.16. The molecule has 1 aromatic heterocycles. The standard InChI is InChI=1S/C17H18N2O4/c1-12-7-10-23-14(12)11-18-15(20)17(22)8-9-19(16(17)21)13-5-3-2-4-6-13/h2-7,10,22H,8-9,11H2,1H3,(H,18,20). The Balaban J connectivity index is 1.70. The number of amides is 2. The molecule has 0 aliphatic carbocycles. The average Bonchev–Trinajstić information content (AvgIpc) is 3.11. The van der Waals surface area contributed by atoms with Gasteiger partial charge in [0.15, 0.2) is 0 Å². The van der Waals surface area contributed by atoms with Gasteiger partial charge >= 0.3 is 0 Å². The van der Waals surface area contributed by atoms with Crippen molar-refractivity contribution in [1.29, 1.82) is 0 Å². The van der Waals surface area contributed by atoms with Crippen LogP contribution in [0.5, 0.6) is 0 Å². The van der Waals surface area contributed by atoms with Crippen LogP contribution in [0.1, 0.15) is 17.7 Å². The van der Waals surface area contributed by atoms with Crippen LogP contribution >= 0.6 is 0 Å². The molecule has 2 N–H and O–H groups in total. The second-order valence-corrected chi connectivity index (χ2v) is 5.61. The Morgan fingerprint density at radius 1 is 1.35 bits per heavy atom. The van der Waals surface area contributed by atoms with Crippen LogP contribution < -0.4 is 10.2 Å². The first-order chi connectivity index (χ1) is 11.0. The predicted octanol–water partition coefficient (Wildman–Crippen LogP) is 1.37. The van der Waals surface area contributed by atoms with Gasteiger partial charge in [-0.1, -0.05) is 18.2 Å². The number of aliphatic hydroxyl groups is 1. The number of carbonyl (C=O) groups is 2. The molecule has 3 rings (SSSR count). The molecular formula is C17H18N2O4. The number of carbonyl (C=O) groups excluding carboxylic acids is 2. The molecule has 1 saturated heterocycles. The number of rotatable bonds is 4. The molecule has 0 spiro atoms. The molecule has 0 bridgehead atoms. The lowest BCUT2D eigenvalue weighted by molar-refractivity contribution is -0.149. The highest BCUT2D eigenvalue weighted by atomic mass is 16.3. The minimum absolute atomic E-state index is 0.0592. The van der Waals surface area contributed by atoms with Crippen molar-refractivity contribution in [1.82, 2.24) is 5.32 Å². The first-order valence-electron chi connectivity index (χ1n) is 7.43. The number of aryl methyl sites for hydroxylation is 1. The molecule has 1 atom stereocenters. The molecule has 0 saturated carbocycles. The zero-order chi connectivity index (χ0) is 16.4. The fraction of sp³-hybridized carbons (Fsp3) is 0.294. The van der Waals surface area contributed by atoms with E-state index in [1.807, 2.05) is 13.0 Å². The fourth-order valence-corrected chi connectivity index (χ4v) is 2.66. The highest BCUT2D eigenvalue weighted by Crippen LogP contribution is 2.28. The van der Waals surface area contributed by atoms with Gasteiger partial charge in [0.25, 0.3) is 11.8 Å². The summed E-state index contributed by atoms with van der Waals surface area (Å²) in [7, 11) is 0. The second kappa shape index (κ2) is 5.89. The zero-order valence-corrected chi connectivity index (χ0v) is 12.8. The number of furan rings is 1. The number of nitrogens with zero attached hydrogens (tertiary/aromatic N) is 1. The van der Waals surface area contributed by atoms with E-state index in [4.69, 9.17) is 4.42 Å². The van der Waals surface area contributed by atoms with Gasteiger partial charge < -0.3 is 19.7 Å². The lowest BCUT2D eigenvalue weighted by atomic mass is 10.0. The molecule has 2 heterocycles. The lowest BCUT2D eigenvalue weighted by Crippen LogP contribution is -2.52. The monoisotopic (exact) mass is 314 g/mol. The molecule has 1 unspecified atom stereocenters. The molecule has 120 valence electrons. The molecular weight excluding hydrogens is 296 g/mol. The summed E-state index contributed by atoms with van der Waals surface area (Å²) in [5, 5.41) is 13.1. The van der Waals surface area contributed by atoms with Gasteiger partial charge in [0.05, 0.1) is 12.8 Å². The molecule has 1 aliphatic heterocycles. The van der Waals surface area contributed by atoms with E-state index >= 15 is 0 Å². The van der Waals surface area contributed by atoms with Crippen LogP contribution in [0, 0.1) is 6.92 Å². The van der Waals surface area contributed by atoms with Crippen molar-refractivity contribution in [3.8, 4) is 0 Å². The molecule has 2 aromatic rings. The van der Waals surface area contributed by atoms with E-state index in [0.29, 0.717) is 18.0 Å². The van der Waals surface area contributed by atoms with Gasteiger partial charge in [-0.25, -0.2) is 0 Å². The maximum Gasteiger partial charge on any atom is 0.268 e. The number of benzene rings is 1. The predicted molar refractivity (Wildman–Crippen MR) is 83.7 cm³/mol. The van der Waals surface area contributed by atoms with Crippen molar-refractivity contribution in [3.05, 3.63) is 54.0 Å². The van der Waals surface area contributed by atoms with E-state index in [9.17, 15) is 14.7 Å². The van der Waals surface area contributed by atoms with Gasteiger partial charge in [-0.15, -0.1) is 0 Å². The summed E-state index contributed by atoms with van der Waals surface area (Å²) < 4.78 is 5.24. The van der Waals surface area contributed by atoms with Crippen LogP contribution in [0.3, 0.4) is 0 Å². The molecule has 1 aliphatic rings. The molecule has 1 aromatic carbocycles. The van der Waals surface area contributed by atoms with Crippen LogP contribution in [0.15, 0.2) is 47.1 Å². The molecule has 0 radical (unpaired) electrons. The Labute approximate surface area is 133 Å². The number of nitrogens with one attached hydrogen (secondary N) is 1. The summed E-state index contributed by atoms with van der Waals surface area (Å²) in [6.45, 7) is 2.29. The maximum atomic E-state index is 12.5. The first kappa shape index (κ1) is 15.3. The summed E-state index contributed by atoms with van der Waals surface area (Å²) in [6, 6.07) is 10.8. The Morgan fingerprint density at radius 2 is 2.09 bits per heavy atom. The Kier molecular flexibility index (Phi) is 3.92. The van der Waals surface area contributed by atoms with Crippen LogP contribution in [-0.4, -0.2) is 29.1 Å². The SMILES string of the molecule is Cc1ccoc1CNC(=O)C1(O)CCN(c2ccccc2)C1=O. The highest BCUT2D eigenvalue weighted by Gasteiger charge is 2.51. The van der Waals surface area contributed by atoms with Crippen molar-refractivity contribution in [2.45, 2.75) is 25.5 Å². The molecule has 2 amide bonds. The quantitative estimate of drug-likeness (QED) is 0.835. The summed E-state index contributed by atoms with van der Waals surface area (Å²) in [4.78, 5) is 26.2. The van der Waals surface area contributed by atoms with E-state index in [2.05, 4.69) is 5.32 Å². The van der Waals surface area contributed by atoms with E-state index < -0.39 is 17.4 Å². The van der Waals surface area contributed by atoms with Gasteiger partial charge in [0.1, 0.15) is 5.76 Å². The number of para-hydroxylation sites is 1. The van der Waals surface area contributed by atoms with Crippen LogP contribution in [0.2, 0.25) is 0 Å². The fourth-order valence-electron chi connectivity index (χ4n) is 2.66. The third-order valence-electron chi connectivity index (χ3n) is 4.12. The van der Waals surface area contributed by atoms with Crippen molar-refractivity contribution >= 4 is 17.5 Å². The third-order valence-corrected chi connectivity index (χ3v) is 4.12. The Hall–Kier alpha value is -2.60. The normalized spacial score (nSPS) is 20.8. The molecule has 6 nitrogen and oxygen atoms in total. The Bertz CT molecular complexity index is 725. The van der Waals surface area contributed by atoms with E-state index in [-0.39, 0.29) is 13.0 Å². The summed E-state index contributed by atoms with van der Waals surface area (Å²) in [6.07, 6.45) is 1.59. The Morgan fingerprint density at radius 3 is 2.74 bits per heavy atom. The van der Waals surface area contributed by atoms with Crippen LogP contribution in [-0.2, 0) is 16.1 Å². The number of hydrogen-bond donors (Lipinski definition) is 2. The van der Waals surface area contributed by atoms with Crippen molar-refractivity contribution < 1.29 is 19.1 Å². The number of anilines is 1. The minimum Gasteiger partial charge on any atom is -0.467 e. The van der Waals surface area contributed by atoms with E-state index in [1.54, 1.807) is 30.3 Å². The van der Waals surface area contributed by atoms with E-state index in [0.717, 1.165) is 5.56 Å². The van der Waals surface area contributed by atoms with Crippen molar-refractivity contribution in [2.75, 3.05) is 11.4 Å². The third kappa shape index (κ3) is 2.73. The summed E-state index contributed by atoms with van der Waals surface area (Å²) in [5.41, 5.74) is -0.458. The largest absolute Gasteiger partial charge is 0.467 e. The summed E-state index contributed by atoms with van der Waals surface area (Å²) >= 11 is 0. The van der Waals surface area contributed by atoms with Crippen LogP contribution in [0.25, 0.3) is 0 Å². The maximum absolute atomic E-state index is 12.5. The van der Waals surface area contributed by atoms with Gasteiger partial charge in [0.2, 0.25) is 5.60 Å². The average molecular weight is 314 g/mol. The van der Waals surface area contributed by atoms with E-state index in [1.165, 1.54) is 11.2 Å². The zero-order valence-electron chi connectivity index (χ0n) is 12.8.